The maximum absolute atomic E-state index is 13.1. The molecule has 2 aromatic rings. The highest BCUT2D eigenvalue weighted by Gasteiger charge is 2.28. The van der Waals surface area contributed by atoms with E-state index in [1.165, 1.54) is 26.0 Å². The molecule has 0 unspecified atom stereocenters. The first-order valence-electron chi connectivity index (χ1n) is 6.09. The number of halogens is 1. The zero-order valence-electron chi connectivity index (χ0n) is 11.2. The Balaban J connectivity index is 2.16. The van der Waals surface area contributed by atoms with Gasteiger partial charge < -0.3 is 15.4 Å². The summed E-state index contributed by atoms with van der Waals surface area (Å²) < 4.78 is 13.1. The van der Waals surface area contributed by atoms with Crippen LogP contribution in [0.15, 0.2) is 24.4 Å². The highest BCUT2D eigenvalue weighted by atomic mass is 19.1. The lowest BCUT2D eigenvalue weighted by Crippen LogP contribution is -2.50. The van der Waals surface area contributed by atoms with Crippen molar-refractivity contribution >= 4 is 22.8 Å². The van der Waals surface area contributed by atoms with Crippen LogP contribution in [-0.2, 0) is 16.0 Å². The van der Waals surface area contributed by atoms with Crippen LogP contribution in [0.1, 0.15) is 19.4 Å². The Kier molecular flexibility index (Phi) is 3.48. The standard InChI is InChI=1S/C14H15FN2O3/c1-14(2,13(19)20)17-12(18)5-8-7-16-11-6-9(15)3-4-10(8)11/h3-4,6-7,16H,5H2,1-2H3,(H,17,18)(H,19,20). The molecule has 1 heterocycles. The van der Waals surface area contributed by atoms with Crippen molar-refractivity contribution in [3.05, 3.63) is 35.8 Å². The normalized spacial score (nSPS) is 11.6. The number of carboxylic acids is 1. The van der Waals surface area contributed by atoms with Gasteiger partial charge in [0.05, 0.1) is 6.42 Å². The number of fused-ring (bicyclic) bond motifs is 1. The summed E-state index contributed by atoms with van der Waals surface area (Å²) in [5, 5.41) is 12.1. The second-order valence-electron chi connectivity index (χ2n) is 5.16. The molecule has 0 aliphatic rings. The van der Waals surface area contributed by atoms with Crippen molar-refractivity contribution in [1.29, 1.82) is 0 Å². The monoisotopic (exact) mass is 278 g/mol. The number of rotatable bonds is 4. The average molecular weight is 278 g/mol. The van der Waals surface area contributed by atoms with Gasteiger partial charge in [-0.3, -0.25) is 4.79 Å². The molecule has 106 valence electrons. The second kappa shape index (κ2) is 4.96. The molecule has 0 aliphatic heterocycles. The van der Waals surface area contributed by atoms with E-state index in [9.17, 15) is 14.0 Å². The first-order valence-corrected chi connectivity index (χ1v) is 6.09. The third kappa shape index (κ3) is 2.79. The Labute approximate surface area is 114 Å². The van der Waals surface area contributed by atoms with E-state index >= 15 is 0 Å². The number of hydrogen-bond acceptors (Lipinski definition) is 2. The lowest BCUT2D eigenvalue weighted by molar-refractivity contribution is -0.145. The summed E-state index contributed by atoms with van der Waals surface area (Å²) in [6.45, 7) is 2.83. The van der Waals surface area contributed by atoms with E-state index in [0.717, 1.165) is 5.39 Å². The van der Waals surface area contributed by atoms with Crippen molar-refractivity contribution in [2.45, 2.75) is 25.8 Å². The Morgan fingerprint density at radius 3 is 2.75 bits per heavy atom. The van der Waals surface area contributed by atoms with E-state index in [0.29, 0.717) is 11.1 Å². The Bertz CT molecular complexity index is 676. The smallest absolute Gasteiger partial charge is 0.328 e. The van der Waals surface area contributed by atoms with E-state index in [1.807, 2.05) is 0 Å². The maximum Gasteiger partial charge on any atom is 0.328 e. The van der Waals surface area contributed by atoms with Crippen LogP contribution in [0, 0.1) is 5.82 Å². The van der Waals surface area contributed by atoms with Gasteiger partial charge in [0.15, 0.2) is 0 Å². The van der Waals surface area contributed by atoms with Crippen LogP contribution >= 0.6 is 0 Å². The van der Waals surface area contributed by atoms with Crippen LogP contribution in [0.4, 0.5) is 4.39 Å². The minimum Gasteiger partial charge on any atom is -0.480 e. The number of aromatic amines is 1. The van der Waals surface area contributed by atoms with Gasteiger partial charge >= 0.3 is 5.97 Å². The number of carbonyl (C=O) groups is 2. The fourth-order valence-corrected chi connectivity index (χ4v) is 1.92. The van der Waals surface area contributed by atoms with Gasteiger partial charge in [-0.25, -0.2) is 9.18 Å². The lowest BCUT2D eigenvalue weighted by atomic mass is 10.0. The molecule has 6 heteroatoms. The number of nitrogens with one attached hydrogen (secondary N) is 2. The van der Waals surface area contributed by atoms with Crippen molar-refractivity contribution in [3.63, 3.8) is 0 Å². The van der Waals surface area contributed by atoms with E-state index in [-0.39, 0.29) is 12.2 Å². The van der Waals surface area contributed by atoms with Crippen LogP contribution in [-0.4, -0.2) is 27.5 Å². The highest BCUT2D eigenvalue weighted by Crippen LogP contribution is 2.19. The summed E-state index contributed by atoms with van der Waals surface area (Å²) in [5.41, 5.74) is -0.0287. The lowest BCUT2D eigenvalue weighted by Gasteiger charge is -2.20. The molecule has 0 spiro atoms. The number of aliphatic carboxylic acids is 1. The van der Waals surface area contributed by atoms with Crippen LogP contribution < -0.4 is 5.32 Å². The van der Waals surface area contributed by atoms with Gasteiger partial charge in [0.1, 0.15) is 11.4 Å². The second-order valence-corrected chi connectivity index (χ2v) is 5.16. The van der Waals surface area contributed by atoms with Gasteiger partial charge in [-0.1, -0.05) is 0 Å². The number of carboxylic acid groups (broad SMARTS) is 1. The third-order valence-corrected chi connectivity index (χ3v) is 3.07. The molecule has 0 atom stereocenters. The van der Waals surface area contributed by atoms with Crippen LogP contribution in [0.5, 0.6) is 0 Å². The minimum atomic E-state index is -1.32. The molecule has 1 aromatic carbocycles. The molecule has 0 saturated heterocycles. The number of aromatic nitrogens is 1. The molecule has 3 N–H and O–H groups in total. The Morgan fingerprint density at radius 2 is 2.10 bits per heavy atom. The fraction of sp³-hybridized carbons (Fsp3) is 0.286. The van der Waals surface area contributed by atoms with Crippen LogP contribution in [0.2, 0.25) is 0 Å². The van der Waals surface area contributed by atoms with Crippen molar-refractivity contribution in [2.75, 3.05) is 0 Å². The average Bonchev–Trinajstić information content (AvgIpc) is 2.70. The van der Waals surface area contributed by atoms with Crippen molar-refractivity contribution in [1.82, 2.24) is 10.3 Å². The summed E-state index contributed by atoms with van der Waals surface area (Å²) in [4.78, 5) is 25.7. The molecular weight excluding hydrogens is 263 g/mol. The number of H-pyrrole nitrogens is 1. The van der Waals surface area contributed by atoms with E-state index in [1.54, 1.807) is 12.3 Å². The largest absolute Gasteiger partial charge is 0.480 e. The van der Waals surface area contributed by atoms with Crippen molar-refractivity contribution in [3.8, 4) is 0 Å². The number of carbonyl (C=O) groups excluding carboxylic acids is 1. The Hall–Kier alpha value is -2.37. The van der Waals surface area contributed by atoms with E-state index in [4.69, 9.17) is 5.11 Å². The molecule has 0 fully saturated rings. The molecule has 5 nitrogen and oxygen atoms in total. The van der Waals surface area contributed by atoms with Gasteiger partial charge in [-0.2, -0.15) is 0 Å². The summed E-state index contributed by atoms with van der Waals surface area (Å²) in [7, 11) is 0. The van der Waals surface area contributed by atoms with E-state index < -0.39 is 17.4 Å². The summed E-state index contributed by atoms with van der Waals surface area (Å²) in [5.74, 6) is -1.86. The molecule has 20 heavy (non-hydrogen) atoms. The summed E-state index contributed by atoms with van der Waals surface area (Å²) in [6.07, 6.45) is 1.65. The van der Waals surface area contributed by atoms with Gasteiger partial charge in [0.25, 0.3) is 0 Å². The molecule has 0 bridgehead atoms. The van der Waals surface area contributed by atoms with Crippen LogP contribution in [0.3, 0.4) is 0 Å². The van der Waals surface area contributed by atoms with Gasteiger partial charge in [0, 0.05) is 17.1 Å². The number of benzene rings is 1. The SMILES string of the molecule is CC(C)(NC(=O)Cc1c[nH]c2cc(F)ccc12)C(=O)O. The van der Waals surface area contributed by atoms with Gasteiger partial charge in [-0.05, 0) is 37.6 Å². The number of hydrogen-bond donors (Lipinski definition) is 3. The van der Waals surface area contributed by atoms with Crippen LogP contribution in [0.25, 0.3) is 10.9 Å². The molecule has 1 aromatic heterocycles. The number of amides is 1. The molecule has 1 amide bonds. The topological polar surface area (TPSA) is 82.2 Å². The molecular formula is C14H15FN2O3. The van der Waals surface area contributed by atoms with Crippen molar-refractivity contribution < 1.29 is 19.1 Å². The predicted molar refractivity (Wildman–Crippen MR) is 71.8 cm³/mol. The molecule has 0 aliphatic carbocycles. The Morgan fingerprint density at radius 1 is 1.40 bits per heavy atom. The molecule has 2 rings (SSSR count). The minimum absolute atomic E-state index is 0.0301. The zero-order chi connectivity index (χ0) is 14.9. The third-order valence-electron chi connectivity index (χ3n) is 3.07. The molecule has 0 saturated carbocycles. The summed E-state index contributed by atoms with van der Waals surface area (Å²) in [6, 6.07) is 4.25. The van der Waals surface area contributed by atoms with Gasteiger partial charge in [0.2, 0.25) is 5.91 Å². The van der Waals surface area contributed by atoms with Crippen molar-refractivity contribution in [2.24, 2.45) is 0 Å². The highest BCUT2D eigenvalue weighted by molar-refractivity contribution is 5.91. The van der Waals surface area contributed by atoms with Gasteiger partial charge in [-0.15, -0.1) is 0 Å². The fourth-order valence-electron chi connectivity index (χ4n) is 1.92. The predicted octanol–water partition coefficient (Wildman–Crippen LogP) is 1.83. The first kappa shape index (κ1) is 14.0. The quantitative estimate of drug-likeness (QED) is 0.798. The van der Waals surface area contributed by atoms with E-state index in [2.05, 4.69) is 10.3 Å². The zero-order valence-corrected chi connectivity index (χ0v) is 11.2. The maximum atomic E-state index is 13.1. The summed E-state index contributed by atoms with van der Waals surface area (Å²) >= 11 is 0. The molecule has 0 radical (unpaired) electrons. The first-order chi connectivity index (χ1) is 9.29.